The first-order valence-corrected chi connectivity index (χ1v) is 9.39. The average Bonchev–Trinajstić information content (AvgIpc) is 2.74. The number of carbonyl (C=O) groups is 1. The molecule has 0 bridgehead atoms. The van der Waals surface area contributed by atoms with E-state index in [0.717, 1.165) is 35.8 Å². The van der Waals surface area contributed by atoms with Crippen LogP contribution >= 0.6 is 11.6 Å². The summed E-state index contributed by atoms with van der Waals surface area (Å²) in [7, 11) is 3.60. The minimum Gasteiger partial charge on any atom is -0.343 e. The molecule has 1 aromatic heterocycles. The molecule has 5 nitrogen and oxygen atoms in total. The molecule has 0 N–H and O–H groups in total. The summed E-state index contributed by atoms with van der Waals surface area (Å²) in [5.74, 6) is 0.0337. The van der Waals surface area contributed by atoms with Crippen LogP contribution in [0.25, 0.3) is 6.20 Å². The summed E-state index contributed by atoms with van der Waals surface area (Å²) in [5.41, 5.74) is 1.21. The van der Waals surface area contributed by atoms with E-state index in [-0.39, 0.29) is 5.91 Å². The summed E-state index contributed by atoms with van der Waals surface area (Å²) in [6.07, 6.45) is 9.23. The molecule has 0 radical (unpaired) electrons. The predicted octanol–water partition coefficient (Wildman–Crippen LogP) is 2.30. The average molecular weight is 351 g/mol. The highest BCUT2D eigenvalue weighted by Crippen LogP contribution is 2.27. The van der Waals surface area contributed by atoms with Gasteiger partial charge in [0.25, 0.3) is 5.91 Å². The molecule has 24 heavy (non-hydrogen) atoms. The molecular weight excluding hydrogens is 324 g/mol. The number of aromatic nitrogens is 1. The van der Waals surface area contributed by atoms with Crippen molar-refractivity contribution in [1.29, 1.82) is 0 Å². The van der Waals surface area contributed by atoms with Gasteiger partial charge in [0.2, 0.25) is 0 Å². The van der Waals surface area contributed by atoms with Gasteiger partial charge in [-0.05, 0) is 25.8 Å². The van der Waals surface area contributed by atoms with Crippen molar-refractivity contribution in [3.63, 3.8) is 0 Å². The van der Waals surface area contributed by atoms with Gasteiger partial charge in [0.05, 0.1) is 0 Å². The zero-order chi connectivity index (χ0) is 17.3. The molecule has 1 fully saturated rings. The highest BCUT2D eigenvalue weighted by atomic mass is 35.5. The number of carbonyl (C=O) groups excluding carboxylic acids is 1. The van der Waals surface area contributed by atoms with Crippen LogP contribution in [0.4, 0.5) is 0 Å². The summed E-state index contributed by atoms with van der Waals surface area (Å²) in [5, 5.41) is 1.00. The largest absolute Gasteiger partial charge is 0.343 e. The normalized spacial score (nSPS) is 21.5. The van der Waals surface area contributed by atoms with Gasteiger partial charge in [-0.15, -0.1) is 0 Å². The first-order valence-electron chi connectivity index (χ1n) is 8.95. The molecule has 132 valence electrons. The molecule has 0 aromatic carbocycles. The Balaban J connectivity index is 2.16. The van der Waals surface area contributed by atoms with E-state index in [1.807, 2.05) is 17.2 Å². The molecule has 0 spiro atoms. The molecule has 3 rings (SSSR count). The van der Waals surface area contributed by atoms with E-state index >= 15 is 0 Å². The van der Waals surface area contributed by atoms with Crippen LogP contribution < -0.4 is 10.7 Å². The first kappa shape index (κ1) is 17.3. The third kappa shape index (κ3) is 3.18. The van der Waals surface area contributed by atoms with Crippen LogP contribution in [0, 0.1) is 0 Å². The molecule has 1 aromatic rings. The standard InChI is InChI=1S/C18H27ClN4O/c1-4-22-12-13-11-15(17(24)21(2)3)23(16(13)20-18(22)19)14-9-7-5-6-8-10-14/h11-12,14,18H,4-10H2,1-3H3. The monoisotopic (exact) mass is 350 g/mol. The summed E-state index contributed by atoms with van der Waals surface area (Å²) >= 11 is 6.42. The van der Waals surface area contributed by atoms with Gasteiger partial charge in [-0.1, -0.05) is 37.3 Å². The van der Waals surface area contributed by atoms with Gasteiger partial charge < -0.3 is 14.4 Å². The quantitative estimate of drug-likeness (QED) is 0.477. The fourth-order valence-electron chi connectivity index (χ4n) is 3.70. The zero-order valence-electron chi connectivity index (χ0n) is 14.8. The number of hydrogen-bond acceptors (Lipinski definition) is 3. The van der Waals surface area contributed by atoms with E-state index in [0.29, 0.717) is 6.04 Å². The smallest absolute Gasteiger partial charge is 0.270 e. The second-order valence-corrected chi connectivity index (χ2v) is 7.31. The van der Waals surface area contributed by atoms with Crippen LogP contribution in [-0.2, 0) is 0 Å². The van der Waals surface area contributed by atoms with E-state index in [9.17, 15) is 4.79 Å². The second kappa shape index (κ2) is 7.18. The Kier molecular flexibility index (Phi) is 5.18. The minimum atomic E-state index is -0.399. The van der Waals surface area contributed by atoms with Crippen molar-refractivity contribution in [3.05, 3.63) is 22.5 Å². The topological polar surface area (TPSA) is 40.8 Å². The maximum absolute atomic E-state index is 12.7. The van der Waals surface area contributed by atoms with Crippen molar-refractivity contribution < 1.29 is 4.79 Å². The van der Waals surface area contributed by atoms with Crippen molar-refractivity contribution in [2.24, 2.45) is 4.99 Å². The fourth-order valence-corrected chi connectivity index (χ4v) is 3.99. The van der Waals surface area contributed by atoms with Crippen molar-refractivity contribution in [2.45, 2.75) is 57.1 Å². The molecule has 1 aliphatic carbocycles. The van der Waals surface area contributed by atoms with E-state index in [4.69, 9.17) is 16.6 Å². The van der Waals surface area contributed by atoms with E-state index < -0.39 is 5.62 Å². The van der Waals surface area contributed by atoms with Crippen LogP contribution in [0.3, 0.4) is 0 Å². The number of nitrogens with zero attached hydrogens (tertiary/aromatic N) is 4. The highest BCUT2D eigenvalue weighted by molar-refractivity contribution is 6.20. The maximum Gasteiger partial charge on any atom is 0.270 e. The lowest BCUT2D eigenvalue weighted by molar-refractivity contribution is 0.0813. The number of fused-ring (bicyclic) bond motifs is 1. The molecule has 6 heteroatoms. The Morgan fingerprint density at radius 2 is 1.96 bits per heavy atom. The van der Waals surface area contributed by atoms with Crippen molar-refractivity contribution in [1.82, 2.24) is 14.4 Å². The molecule has 2 heterocycles. The lowest BCUT2D eigenvalue weighted by Crippen LogP contribution is -2.42. The summed E-state index contributed by atoms with van der Waals surface area (Å²) in [6, 6.07) is 2.32. The van der Waals surface area contributed by atoms with Crippen molar-refractivity contribution in [2.75, 3.05) is 20.6 Å². The number of alkyl halides is 1. The minimum absolute atomic E-state index is 0.0337. The Morgan fingerprint density at radius 3 is 2.54 bits per heavy atom. The molecule has 0 saturated heterocycles. The first-order chi connectivity index (χ1) is 11.5. The Labute approximate surface area is 148 Å². The highest BCUT2D eigenvalue weighted by Gasteiger charge is 2.26. The third-order valence-electron chi connectivity index (χ3n) is 5.03. The predicted molar refractivity (Wildman–Crippen MR) is 96.5 cm³/mol. The molecular formula is C18H27ClN4O. The lowest BCUT2D eigenvalue weighted by atomic mass is 10.1. The SMILES string of the molecule is CCN1C=c2cc(C(=O)N(C)C)n(C3CCCCCC3)c2=NC1Cl. The fraction of sp³-hybridized carbons (Fsp3) is 0.667. The van der Waals surface area contributed by atoms with Gasteiger partial charge in [-0.25, -0.2) is 4.99 Å². The zero-order valence-corrected chi connectivity index (χ0v) is 15.6. The van der Waals surface area contributed by atoms with Crippen LogP contribution in [0.1, 0.15) is 62.0 Å². The maximum atomic E-state index is 12.7. The van der Waals surface area contributed by atoms with Crippen molar-refractivity contribution in [3.8, 4) is 0 Å². The van der Waals surface area contributed by atoms with Gasteiger partial charge in [-0.2, -0.15) is 0 Å². The number of halogens is 1. The van der Waals surface area contributed by atoms with Crippen LogP contribution in [0.15, 0.2) is 11.1 Å². The van der Waals surface area contributed by atoms with Crippen LogP contribution in [0.5, 0.6) is 0 Å². The number of rotatable bonds is 3. The number of hydrogen-bond donors (Lipinski definition) is 0. The van der Waals surface area contributed by atoms with Crippen molar-refractivity contribution >= 4 is 23.7 Å². The van der Waals surface area contributed by atoms with Gasteiger partial charge >= 0.3 is 0 Å². The number of amides is 1. The van der Waals surface area contributed by atoms with Gasteiger partial charge in [0.1, 0.15) is 11.2 Å². The van der Waals surface area contributed by atoms with Gasteiger partial charge in [0, 0.05) is 38.1 Å². The Hall–Kier alpha value is -1.49. The lowest BCUT2D eigenvalue weighted by Gasteiger charge is -2.25. The molecule has 1 aliphatic heterocycles. The molecule has 1 unspecified atom stereocenters. The van der Waals surface area contributed by atoms with E-state index in [2.05, 4.69) is 11.5 Å². The van der Waals surface area contributed by atoms with E-state index in [1.165, 1.54) is 25.7 Å². The van der Waals surface area contributed by atoms with Crippen LogP contribution in [0.2, 0.25) is 0 Å². The van der Waals surface area contributed by atoms with Gasteiger partial charge in [-0.3, -0.25) is 4.79 Å². The third-order valence-corrected chi connectivity index (χ3v) is 5.37. The molecule has 1 amide bonds. The molecule has 1 saturated carbocycles. The van der Waals surface area contributed by atoms with Crippen LogP contribution in [-0.4, -0.2) is 46.5 Å². The Bertz CT molecular complexity index is 716. The summed E-state index contributed by atoms with van der Waals surface area (Å²) in [4.78, 5) is 21.1. The second-order valence-electron chi connectivity index (χ2n) is 6.92. The summed E-state index contributed by atoms with van der Waals surface area (Å²) < 4.78 is 2.17. The molecule has 1 atom stereocenters. The van der Waals surface area contributed by atoms with E-state index in [1.54, 1.807) is 19.0 Å². The molecule has 2 aliphatic rings. The Morgan fingerprint density at radius 1 is 1.29 bits per heavy atom. The van der Waals surface area contributed by atoms with Gasteiger partial charge in [0.15, 0.2) is 5.62 Å². The summed E-state index contributed by atoms with van der Waals surface area (Å²) in [6.45, 7) is 2.85.